The summed E-state index contributed by atoms with van der Waals surface area (Å²) in [6, 6.07) is 0. The Labute approximate surface area is 159 Å². The van der Waals surface area contributed by atoms with Crippen molar-refractivity contribution in [2.24, 2.45) is 0 Å². The first-order valence-electron chi connectivity index (χ1n) is 9.15. The highest BCUT2D eigenvalue weighted by molar-refractivity contribution is 7.89. The second-order valence-electron chi connectivity index (χ2n) is 6.61. The van der Waals surface area contributed by atoms with Crippen LogP contribution in [0.1, 0.15) is 35.6 Å². The number of aromatic nitrogens is 4. The average molecular weight is 395 g/mol. The third-order valence-corrected chi connectivity index (χ3v) is 6.87. The van der Waals surface area contributed by atoms with E-state index in [1.807, 2.05) is 20.8 Å². The van der Waals surface area contributed by atoms with Crippen molar-refractivity contribution < 1.29 is 13.2 Å². The van der Waals surface area contributed by atoms with Crippen molar-refractivity contribution in [2.45, 2.75) is 45.7 Å². The number of carbonyl (C=O) groups is 1. The highest BCUT2D eigenvalue weighted by Crippen LogP contribution is 2.21. The first kappa shape index (κ1) is 19.6. The molecule has 1 amide bonds. The van der Waals surface area contributed by atoms with E-state index in [1.54, 1.807) is 33.6 Å². The van der Waals surface area contributed by atoms with Gasteiger partial charge in [0.05, 0.1) is 17.0 Å². The van der Waals surface area contributed by atoms with E-state index in [4.69, 9.17) is 0 Å². The Bertz CT molecular complexity index is 938. The number of rotatable bonds is 5. The predicted octanol–water partition coefficient (Wildman–Crippen LogP) is 0.883. The van der Waals surface area contributed by atoms with E-state index in [-0.39, 0.29) is 23.9 Å². The number of sulfonamides is 1. The molecular weight excluding hydrogens is 368 g/mol. The molecule has 1 saturated heterocycles. The Morgan fingerprint density at radius 2 is 1.52 bits per heavy atom. The minimum atomic E-state index is -3.61. The Morgan fingerprint density at radius 3 is 2.04 bits per heavy atom. The quantitative estimate of drug-likeness (QED) is 0.751. The molecule has 10 heteroatoms. The van der Waals surface area contributed by atoms with Crippen LogP contribution in [0, 0.1) is 13.8 Å². The lowest BCUT2D eigenvalue weighted by atomic mass is 10.2. The molecule has 0 radical (unpaired) electrons. The molecule has 0 saturated carbocycles. The van der Waals surface area contributed by atoms with E-state index in [0.717, 1.165) is 0 Å². The zero-order chi connectivity index (χ0) is 19.8. The van der Waals surface area contributed by atoms with Crippen molar-refractivity contribution in [2.75, 3.05) is 26.2 Å². The number of aryl methyl sites for hydroxylation is 4. The predicted molar refractivity (Wildman–Crippen MR) is 99.9 cm³/mol. The van der Waals surface area contributed by atoms with Crippen molar-refractivity contribution in [3.05, 3.63) is 29.3 Å². The molecule has 1 aliphatic rings. The molecule has 0 spiro atoms. The van der Waals surface area contributed by atoms with E-state index in [0.29, 0.717) is 43.1 Å². The van der Waals surface area contributed by atoms with Gasteiger partial charge in [0.1, 0.15) is 4.90 Å². The SMILES string of the molecule is CCn1cc(C(=O)N2CCN(S(=O)(=O)c3cn(CC)nc3C)CC2)c(C)n1. The molecule has 9 nitrogen and oxygen atoms in total. The standard InChI is InChI=1S/C17H26N6O3S/c1-5-21-11-15(13(3)18-21)17(24)20-7-9-23(10-8-20)27(25,26)16-12-22(6-2)19-14(16)4/h11-12H,5-10H2,1-4H3. The maximum atomic E-state index is 12.9. The average Bonchev–Trinajstić information content (AvgIpc) is 3.23. The maximum Gasteiger partial charge on any atom is 0.257 e. The van der Waals surface area contributed by atoms with Crippen LogP contribution in [0.3, 0.4) is 0 Å². The summed E-state index contributed by atoms with van der Waals surface area (Å²) in [5, 5.41) is 8.54. The summed E-state index contributed by atoms with van der Waals surface area (Å²) in [7, 11) is -3.61. The van der Waals surface area contributed by atoms with E-state index >= 15 is 0 Å². The van der Waals surface area contributed by atoms with E-state index < -0.39 is 10.0 Å². The van der Waals surface area contributed by atoms with Crippen molar-refractivity contribution in [3.8, 4) is 0 Å². The number of amides is 1. The highest BCUT2D eigenvalue weighted by atomic mass is 32.2. The van der Waals surface area contributed by atoms with Crippen LogP contribution in [0.4, 0.5) is 0 Å². The van der Waals surface area contributed by atoms with Crippen molar-refractivity contribution in [1.82, 2.24) is 28.8 Å². The molecule has 1 fully saturated rings. The van der Waals surface area contributed by atoms with Crippen molar-refractivity contribution in [3.63, 3.8) is 0 Å². The number of piperazine rings is 1. The topological polar surface area (TPSA) is 93.3 Å². The molecule has 27 heavy (non-hydrogen) atoms. The number of nitrogens with zero attached hydrogens (tertiary/aromatic N) is 6. The van der Waals surface area contributed by atoms with Crippen LogP contribution in [0.15, 0.2) is 17.3 Å². The molecule has 0 aromatic carbocycles. The zero-order valence-corrected chi connectivity index (χ0v) is 17.0. The summed E-state index contributed by atoms with van der Waals surface area (Å²) in [5.74, 6) is -0.0979. The van der Waals surface area contributed by atoms with Crippen LogP contribution in [-0.4, -0.2) is 69.3 Å². The van der Waals surface area contributed by atoms with E-state index in [1.165, 1.54) is 4.31 Å². The van der Waals surface area contributed by atoms with Crippen molar-refractivity contribution >= 4 is 15.9 Å². The fourth-order valence-corrected chi connectivity index (χ4v) is 4.84. The monoisotopic (exact) mass is 394 g/mol. The molecule has 1 aliphatic heterocycles. The third kappa shape index (κ3) is 3.63. The molecule has 0 aliphatic carbocycles. The van der Waals surface area contributed by atoms with Gasteiger partial charge in [-0.3, -0.25) is 14.2 Å². The summed E-state index contributed by atoms with van der Waals surface area (Å²) < 4.78 is 30.7. The van der Waals surface area contributed by atoms with Gasteiger partial charge in [0.2, 0.25) is 10.0 Å². The number of carbonyl (C=O) groups excluding carboxylic acids is 1. The van der Waals surface area contributed by atoms with Crippen LogP contribution in [0.25, 0.3) is 0 Å². The Kier molecular flexibility index (Phi) is 5.38. The van der Waals surface area contributed by atoms with Gasteiger partial charge < -0.3 is 4.90 Å². The lowest BCUT2D eigenvalue weighted by Gasteiger charge is -2.33. The molecule has 0 unspecified atom stereocenters. The minimum Gasteiger partial charge on any atom is -0.336 e. The van der Waals surface area contributed by atoms with Gasteiger partial charge in [-0.15, -0.1) is 0 Å². The summed E-state index contributed by atoms with van der Waals surface area (Å²) in [6.07, 6.45) is 3.33. The molecule has 148 valence electrons. The van der Waals surface area contributed by atoms with Crippen LogP contribution < -0.4 is 0 Å². The van der Waals surface area contributed by atoms with Crippen molar-refractivity contribution in [1.29, 1.82) is 0 Å². The Hall–Kier alpha value is -2.20. The summed E-state index contributed by atoms with van der Waals surface area (Å²) in [6.45, 7) is 9.96. The van der Waals surface area contributed by atoms with Crippen LogP contribution in [0.5, 0.6) is 0 Å². The molecule has 0 atom stereocenters. The minimum absolute atomic E-state index is 0.0979. The van der Waals surface area contributed by atoms with Gasteiger partial charge in [-0.05, 0) is 27.7 Å². The molecule has 2 aromatic heterocycles. The van der Waals surface area contributed by atoms with Gasteiger partial charge in [0.25, 0.3) is 5.91 Å². The van der Waals surface area contributed by atoms with Gasteiger partial charge in [-0.2, -0.15) is 14.5 Å². The summed E-state index contributed by atoms with van der Waals surface area (Å²) in [5.41, 5.74) is 1.77. The lowest BCUT2D eigenvalue weighted by Crippen LogP contribution is -2.50. The Balaban J connectivity index is 1.71. The largest absolute Gasteiger partial charge is 0.336 e. The second-order valence-corrected chi connectivity index (χ2v) is 8.52. The van der Waals surface area contributed by atoms with Gasteiger partial charge >= 0.3 is 0 Å². The lowest BCUT2D eigenvalue weighted by molar-refractivity contribution is 0.0697. The molecular formula is C17H26N6O3S. The third-order valence-electron chi connectivity index (χ3n) is 4.87. The molecule has 3 rings (SSSR count). The number of hydrogen-bond acceptors (Lipinski definition) is 5. The molecule has 2 aromatic rings. The first-order valence-corrected chi connectivity index (χ1v) is 10.6. The first-order chi connectivity index (χ1) is 12.8. The smallest absolute Gasteiger partial charge is 0.257 e. The Morgan fingerprint density at radius 1 is 0.963 bits per heavy atom. The molecule has 0 N–H and O–H groups in total. The normalized spacial score (nSPS) is 16.1. The van der Waals surface area contributed by atoms with Gasteiger partial charge in [-0.25, -0.2) is 8.42 Å². The maximum absolute atomic E-state index is 12.9. The van der Waals surface area contributed by atoms with Gasteiger partial charge in [-0.1, -0.05) is 0 Å². The van der Waals surface area contributed by atoms with Gasteiger partial charge in [0.15, 0.2) is 0 Å². The van der Waals surface area contributed by atoms with Gasteiger partial charge in [0, 0.05) is 51.7 Å². The van der Waals surface area contributed by atoms with E-state index in [2.05, 4.69) is 10.2 Å². The van der Waals surface area contributed by atoms with E-state index in [9.17, 15) is 13.2 Å². The molecule has 0 bridgehead atoms. The fraction of sp³-hybridized carbons (Fsp3) is 0.588. The zero-order valence-electron chi connectivity index (χ0n) is 16.2. The summed E-state index contributed by atoms with van der Waals surface area (Å²) in [4.78, 5) is 14.7. The highest BCUT2D eigenvalue weighted by Gasteiger charge is 2.33. The summed E-state index contributed by atoms with van der Waals surface area (Å²) >= 11 is 0. The van der Waals surface area contributed by atoms with Crippen LogP contribution in [0.2, 0.25) is 0 Å². The van der Waals surface area contributed by atoms with Crippen LogP contribution in [-0.2, 0) is 23.1 Å². The molecule has 3 heterocycles. The van der Waals surface area contributed by atoms with Crippen LogP contribution >= 0.6 is 0 Å². The second kappa shape index (κ2) is 7.43. The fourth-order valence-electron chi connectivity index (χ4n) is 3.25. The number of hydrogen-bond donors (Lipinski definition) is 0.